The zero-order chi connectivity index (χ0) is 32.7. The molecule has 0 nitrogen and oxygen atoms in total. The average molecular weight is 860 g/mol. The highest BCUT2D eigenvalue weighted by Crippen LogP contribution is 2.43. The van der Waals surface area contributed by atoms with Gasteiger partial charge in [-0.15, -0.1) is 0 Å². The zero-order valence-electron chi connectivity index (χ0n) is 28.3. The summed E-state index contributed by atoms with van der Waals surface area (Å²) < 4.78 is 5.22. The highest BCUT2D eigenvalue weighted by molar-refractivity contribution is 9.11. The van der Waals surface area contributed by atoms with Gasteiger partial charge in [0.1, 0.15) is 0 Å². The minimum atomic E-state index is 0. The van der Waals surface area contributed by atoms with Gasteiger partial charge in [-0.2, -0.15) is 0 Å². The van der Waals surface area contributed by atoms with Crippen molar-refractivity contribution in [2.24, 2.45) is 0 Å². The van der Waals surface area contributed by atoms with E-state index in [0.717, 1.165) is 25.7 Å². The summed E-state index contributed by atoms with van der Waals surface area (Å²) in [7, 11) is 0. The molecule has 8 aliphatic carbocycles. The van der Waals surface area contributed by atoms with Crippen LogP contribution in [0.4, 0.5) is 0 Å². The normalized spacial score (nSPS) is 12.8. The van der Waals surface area contributed by atoms with E-state index in [1.54, 1.807) is 0 Å². The predicted octanol–water partition coefficient (Wildman–Crippen LogP) is 13.8. The van der Waals surface area contributed by atoms with Crippen molar-refractivity contribution in [2.45, 2.75) is 116 Å². The van der Waals surface area contributed by atoms with Gasteiger partial charge in [-0.3, -0.25) is 0 Å². The minimum Gasteiger partial charge on any atom is -0.0776 e. The molecule has 45 heavy (non-hydrogen) atoms. The summed E-state index contributed by atoms with van der Waals surface area (Å²) in [6.45, 7) is 27.3. The maximum absolute atomic E-state index is 3.89. The first-order valence-corrected chi connectivity index (χ1v) is 18.8. The van der Waals surface area contributed by atoms with Crippen LogP contribution in [0, 0.1) is 83.1 Å². The lowest BCUT2D eigenvalue weighted by molar-refractivity contribution is 0.975. The molecule has 0 atom stereocenters. The third-order valence-corrected chi connectivity index (χ3v) is 15.8. The van der Waals surface area contributed by atoms with Crippen molar-refractivity contribution < 1.29 is 0 Å². The Kier molecular flexibility index (Phi) is 10.9. The second-order valence-electron chi connectivity index (χ2n) is 13.3. The van der Waals surface area contributed by atoms with Gasteiger partial charge in [-0.05, 0) is 220 Å². The molecule has 0 aromatic heterocycles. The van der Waals surface area contributed by atoms with Crippen molar-refractivity contribution >= 4 is 63.7 Å². The molecule has 12 rings (SSSR count). The topological polar surface area (TPSA) is 0 Å². The van der Waals surface area contributed by atoms with Gasteiger partial charge in [-0.1, -0.05) is 71.1 Å². The van der Waals surface area contributed by atoms with Gasteiger partial charge >= 0.3 is 0 Å². The summed E-state index contributed by atoms with van der Waals surface area (Å²) in [4.78, 5) is 0. The Bertz CT molecular complexity index is 1380. The fourth-order valence-corrected chi connectivity index (χ4v) is 10.3. The van der Waals surface area contributed by atoms with Crippen molar-refractivity contribution in [2.75, 3.05) is 0 Å². The highest BCUT2D eigenvalue weighted by atomic mass is 79.9. The average Bonchev–Trinajstić information content (AvgIpc) is 2.99. The summed E-state index contributed by atoms with van der Waals surface area (Å²) >= 11 is 15.5. The number of hydrogen-bond donors (Lipinski definition) is 0. The zero-order valence-corrected chi connectivity index (χ0v) is 34.7. The van der Waals surface area contributed by atoms with E-state index in [-0.39, 0.29) is 7.43 Å². The van der Waals surface area contributed by atoms with Crippen molar-refractivity contribution in [3.05, 3.63) is 129 Å². The predicted molar refractivity (Wildman–Crippen MR) is 211 cm³/mol. The second kappa shape index (κ2) is 13.4. The molecule has 8 bridgehead atoms. The van der Waals surface area contributed by atoms with Gasteiger partial charge in [0.15, 0.2) is 0 Å². The van der Waals surface area contributed by atoms with Crippen LogP contribution >= 0.6 is 63.7 Å². The monoisotopic (exact) mass is 856 g/mol. The molecule has 0 N–H and O–H groups in total. The van der Waals surface area contributed by atoms with E-state index in [1.807, 2.05) is 0 Å². The molecule has 4 heteroatoms. The van der Waals surface area contributed by atoms with Gasteiger partial charge in [-0.25, -0.2) is 0 Å². The van der Waals surface area contributed by atoms with Gasteiger partial charge < -0.3 is 0 Å². The first kappa shape index (κ1) is 36.6. The van der Waals surface area contributed by atoms with E-state index in [0.29, 0.717) is 0 Å². The van der Waals surface area contributed by atoms with Crippen molar-refractivity contribution in [3.8, 4) is 0 Å². The number of rotatable bonds is 0. The van der Waals surface area contributed by atoms with Gasteiger partial charge in [0.25, 0.3) is 0 Å². The molecular formula is C41H48Br4. The molecule has 8 aliphatic rings. The molecule has 0 spiro atoms. The summed E-state index contributed by atoms with van der Waals surface area (Å²) in [5, 5.41) is 0. The lowest BCUT2D eigenvalue weighted by atomic mass is 9.81. The Morgan fingerprint density at radius 3 is 0.533 bits per heavy atom. The van der Waals surface area contributed by atoms with Gasteiger partial charge in [0.2, 0.25) is 0 Å². The van der Waals surface area contributed by atoms with Crippen LogP contribution in [-0.4, -0.2) is 0 Å². The molecule has 0 heterocycles. The standard InChI is InChI=1S/2C20H22Br2.CH4/c2*1-9-11(3)17-8-16-10(2)12(4)18(20(22)14(16)6)7-15(9)13(5)19(17)21;/h2*7-8H2,1-6H3;1H4. The van der Waals surface area contributed by atoms with E-state index < -0.39 is 0 Å². The third kappa shape index (κ3) is 5.80. The van der Waals surface area contributed by atoms with Crippen molar-refractivity contribution in [1.82, 2.24) is 0 Å². The van der Waals surface area contributed by atoms with Crippen LogP contribution in [0.5, 0.6) is 0 Å². The molecule has 4 aromatic carbocycles. The number of halogens is 4. The Labute approximate surface area is 306 Å². The molecule has 0 fully saturated rings. The molecule has 0 radical (unpaired) electrons. The van der Waals surface area contributed by atoms with Crippen LogP contribution in [0.2, 0.25) is 0 Å². The van der Waals surface area contributed by atoms with Crippen LogP contribution < -0.4 is 0 Å². The van der Waals surface area contributed by atoms with E-state index in [9.17, 15) is 0 Å². The molecule has 240 valence electrons. The highest BCUT2D eigenvalue weighted by Gasteiger charge is 2.26. The smallest absolute Gasteiger partial charge is 0.0245 e. The number of hydrogen-bond acceptors (Lipinski definition) is 0. The Balaban J connectivity index is 0.000000200. The Morgan fingerprint density at radius 1 is 0.244 bits per heavy atom. The Hall–Kier alpha value is -1.20. The van der Waals surface area contributed by atoms with Crippen LogP contribution in [0.1, 0.15) is 119 Å². The maximum Gasteiger partial charge on any atom is 0.0245 e. The summed E-state index contributed by atoms with van der Waals surface area (Å²) in [6, 6.07) is 0. The number of benzene rings is 4. The lowest BCUT2D eigenvalue weighted by Crippen LogP contribution is -2.12. The van der Waals surface area contributed by atoms with Crippen LogP contribution in [0.25, 0.3) is 0 Å². The fraction of sp³-hybridized carbons (Fsp3) is 0.415. The van der Waals surface area contributed by atoms with Gasteiger partial charge in [0, 0.05) is 17.9 Å². The minimum absolute atomic E-state index is 0. The molecule has 0 aliphatic heterocycles. The van der Waals surface area contributed by atoms with E-state index in [4.69, 9.17) is 0 Å². The molecule has 0 saturated heterocycles. The second-order valence-corrected chi connectivity index (χ2v) is 16.5. The van der Waals surface area contributed by atoms with E-state index in [1.165, 1.54) is 129 Å². The van der Waals surface area contributed by atoms with Crippen molar-refractivity contribution in [3.63, 3.8) is 0 Å². The van der Waals surface area contributed by atoms with Crippen LogP contribution in [0.3, 0.4) is 0 Å². The lowest BCUT2D eigenvalue weighted by Gasteiger charge is -2.27. The fourth-order valence-electron chi connectivity index (χ4n) is 7.64. The quantitative estimate of drug-likeness (QED) is 0.143. The van der Waals surface area contributed by atoms with Gasteiger partial charge in [0.05, 0.1) is 0 Å². The molecule has 4 aromatic rings. The molecule has 0 unspecified atom stereocenters. The Morgan fingerprint density at radius 2 is 0.378 bits per heavy atom. The van der Waals surface area contributed by atoms with Crippen molar-refractivity contribution in [1.29, 1.82) is 0 Å². The summed E-state index contributed by atoms with van der Waals surface area (Å²) in [5.41, 5.74) is 28.9. The first-order chi connectivity index (χ1) is 20.5. The maximum atomic E-state index is 3.89. The van der Waals surface area contributed by atoms with E-state index in [2.05, 4.69) is 147 Å². The first-order valence-electron chi connectivity index (χ1n) is 15.6. The summed E-state index contributed by atoms with van der Waals surface area (Å²) in [5.74, 6) is 0. The van der Waals surface area contributed by atoms with Crippen LogP contribution in [0.15, 0.2) is 17.9 Å². The SMILES string of the molecule is C.Cc1c(C)c2c(Br)c(C)c1Cc1c(C)c(C)c(c(C)c1Br)C2.Cc1c(C)c2c(Br)c(C)c1Cc1c(C)c(C)c(c(C)c1Br)C2. The third-order valence-electron chi connectivity index (χ3n) is 11.5. The largest absolute Gasteiger partial charge is 0.0776 e. The summed E-state index contributed by atoms with van der Waals surface area (Å²) in [6.07, 6.45) is 4.02. The van der Waals surface area contributed by atoms with Crippen LogP contribution in [-0.2, 0) is 25.7 Å². The molecule has 0 amide bonds. The van der Waals surface area contributed by atoms with E-state index >= 15 is 0 Å². The molecule has 0 saturated carbocycles. The molecular weight excluding hydrogens is 812 g/mol.